The quantitative estimate of drug-likeness (QED) is 0.686. The minimum absolute atomic E-state index is 0.148. The molecule has 6 nitrogen and oxygen atoms in total. The summed E-state index contributed by atoms with van der Waals surface area (Å²) in [5.41, 5.74) is 3.49. The lowest BCUT2D eigenvalue weighted by molar-refractivity contribution is 0.236. The Morgan fingerprint density at radius 2 is 2.04 bits per heavy atom. The van der Waals surface area contributed by atoms with Crippen molar-refractivity contribution in [1.82, 2.24) is 15.1 Å². The van der Waals surface area contributed by atoms with Crippen LogP contribution in [0.5, 0.6) is 0 Å². The predicted molar refractivity (Wildman–Crippen MR) is 100 cm³/mol. The zero-order valence-electron chi connectivity index (χ0n) is 15.2. The van der Waals surface area contributed by atoms with Crippen molar-refractivity contribution in [2.75, 3.05) is 18.5 Å². The van der Waals surface area contributed by atoms with Crippen molar-refractivity contribution in [3.63, 3.8) is 0 Å². The molecule has 3 N–H and O–H groups in total. The number of aliphatic hydroxyl groups excluding tert-OH is 1. The number of hydrogen-bond acceptors (Lipinski definition) is 3. The fraction of sp³-hybridized carbons (Fsp3) is 0.474. The van der Waals surface area contributed by atoms with E-state index in [1.807, 2.05) is 48.9 Å². The van der Waals surface area contributed by atoms with Crippen LogP contribution in [0.4, 0.5) is 10.5 Å². The first-order valence-corrected chi connectivity index (χ1v) is 8.83. The van der Waals surface area contributed by atoms with E-state index in [4.69, 9.17) is 5.11 Å². The van der Waals surface area contributed by atoms with Gasteiger partial charge in [-0.2, -0.15) is 5.10 Å². The summed E-state index contributed by atoms with van der Waals surface area (Å²) >= 11 is 0. The number of nitrogens with one attached hydrogen (secondary N) is 2. The summed E-state index contributed by atoms with van der Waals surface area (Å²) in [5.74, 6) is 0.298. The van der Waals surface area contributed by atoms with Crippen LogP contribution in [-0.2, 0) is 0 Å². The lowest BCUT2D eigenvalue weighted by Crippen LogP contribution is -2.33. The van der Waals surface area contributed by atoms with Crippen LogP contribution in [0, 0.1) is 19.8 Å². The summed E-state index contributed by atoms with van der Waals surface area (Å²) in [6.07, 6.45) is 2.73. The van der Waals surface area contributed by atoms with Gasteiger partial charge in [-0.05, 0) is 50.8 Å². The van der Waals surface area contributed by atoms with Crippen LogP contribution < -0.4 is 10.6 Å². The zero-order valence-corrected chi connectivity index (χ0v) is 15.2. The smallest absolute Gasteiger partial charge is 0.319 e. The topological polar surface area (TPSA) is 79.2 Å². The van der Waals surface area contributed by atoms with Gasteiger partial charge in [-0.1, -0.05) is 25.5 Å². The molecule has 1 aromatic carbocycles. The first kappa shape index (κ1) is 19.0. The molecule has 0 bridgehead atoms. The molecule has 0 radical (unpaired) electrons. The number of carbonyl (C=O) groups excluding carboxylic acids is 1. The molecule has 1 unspecified atom stereocenters. The fourth-order valence-electron chi connectivity index (χ4n) is 2.98. The number of para-hydroxylation sites is 2. The van der Waals surface area contributed by atoms with Gasteiger partial charge < -0.3 is 15.7 Å². The Kier molecular flexibility index (Phi) is 7.01. The van der Waals surface area contributed by atoms with Gasteiger partial charge in [-0.15, -0.1) is 0 Å². The van der Waals surface area contributed by atoms with Crippen LogP contribution in [0.15, 0.2) is 30.3 Å². The number of amides is 2. The molecule has 0 fully saturated rings. The Labute approximate surface area is 149 Å². The van der Waals surface area contributed by atoms with Crippen molar-refractivity contribution >= 4 is 11.7 Å². The van der Waals surface area contributed by atoms with E-state index in [0.29, 0.717) is 24.6 Å². The molecule has 0 saturated heterocycles. The van der Waals surface area contributed by atoms with E-state index in [-0.39, 0.29) is 12.6 Å². The lowest BCUT2D eigenvalue weighted by Gasteiger charge is -2.17. The van der Waals surface area contributed by atoms with Crippen molar-refractivity contribution in [2.45, 2.75) is 40.0 Å². The maximum atomic E-state index is 12.3. The summed E-state index contributed by atoms with van der Waals surface area (Å²) in [6.45, 7) is 6.74. The third-order valence-electron chi connectivity index (χ3n) is 4.18. The van der Waals surface area contributed by atoms with Gasteiger partial charge in [0.05, 0.1) is 17.1 Å². The highest BCUT2D eigenvalue weighted by molar-refractivity contribution is 5.91. The molecule has 0 aliphatic rings. The van der Waals surface area contributed by atoms with Crippen LogP contribution in [0.1, 0.15) is 37.6 Å². The van der Waals surface area contributed by atoms with Gasteiger partial charge in [0.15, 0.2) is 0 Å². The van der Waals surface area contributed by atoms with E-state index >= 15 is 0 Å². The number of aryl methyl sites for hydroxylation is 2. The van der Waals surface area contributed by atoms with Gasteiger partial charge in [0, 0.05) is 18.8 Å². The summed E-state index contributed by atoms with van der Waals surface area (Å²) in [4.78, 5) is 12.3. The van der Waals surface area contributed by atoms with Crippen LogP contribution >= 0.6 is 0 Å². The number of urea groups is 1. The molecule has 1 atom stereocenters. The standard InChI is InChI=1S/C19H28N4O2/c1-4-7-16(10-11-24)13-20-19(25)21-17-8-5-6-9-18(17)23-15(3)12-14(2)22-23/h5-6,8-9,12,16,24H,4,7,10-11,13H2,1-3H3,(H2,20,21,25). The molecule has 1 aromatic heterocycles. The first-order chi connectivity index (χ1) is 12.0. The SMILES string of the molecule is CCCC(CCO)CNC(=O)Nc1ccccc1-n1nc(C)cc1C. The number of rotatable bonds is 8. The second-order valence-electron chi connectivity index (χ2n) is 6.36. The van der Waals surface area contributed by atoms with Gasteiger partial charge in [0.2, 0.25) is 0 Å². The third-order valence-corrected chi connectivity index (χ3v) is 4.18. The molecule has 6 heteroatoms. The Hall–Kier alpha value is -2.34. The normalized spacial score (nSPS) is 12.0. The summed E-state index contributed by atoms with van der Waals surface area (Å²) in [7, 11) is 0. The van der Waals surface area contributed by atoms with E-state index in [1.54, 1.807) is 0 Å². The lowest BCUT2D eigenvalue weighted by atomic mass is 10.0. The minimum atomic E-state index is -0.243. The molecule has 2 amide bonds. The average Bonchev–Trinajstić information content (AvgIpc) is 2.92. The molecule has 0 spiro atoms. The van der Waals surface area contributed by atoms with Crippen molar-refractivity contribution in [3.05, 3.63) is 41.7 Å². The van der Waals surface area contributed by atoms with Crippen molar-refractivity contribution in [1.29, 1.82) is 0 Å². The molecule has 2 rings (SSSR count). The first-order valence-electron chi connectivity index (χ1n) is 8.83. The summed E-state index contributed by atoms with van der Waals surface area (Å²) < 4.78 is 1.83. The van der Waals surface area contributed by atoms with Crippen molar-refractivity contribution < 1.29 is 9.90 Å². The number of aliphatic hydroxyl groups is 1. The van der Waals surface area contributed by atoms with Crippen LogP contribution in [0.2, 0.25) is 0 Å². The maximum Gasteiger partial charge on any atom is 0.319 e. The second-order valence-corrected chi connectivity index (χ2v) is 6.36. The average molecular weight is 344 g/mol. The molecule has 1 heterocycles. The number of carbonyl (C=O) groups is 1. The van der Waals surface area contributed by atoms with Crippen LogP contribution in [-0.4, -0.2) is 34.1 Å². The van der Waals surface area contributed by atoms with E-state index in [1.165, 1.54) is 0 Å². The molecule has 136 valence electrons. The molecule has 0 aliphatic carbocycles. The molecule has 0 saturated carbocycles. The monoisotopic (exact) mass is 344 g/mol. The largest absolute Gasteiger partial charge is 0.396 e. The summed E-state index contributed by atoms with van der Waals surface area (Å²) in [6, 6.07) is 9.36. The molecular weight excluding hydrogens is 316 g/mol. The van der Waals surface area contributed by atoms with Crippen LogP contribution in [0.25, 0.3) is 5.69 Å². The number of benzene rings is 1. The highest BCUT2D eigenvalue weighted by Gasteiger charge is 2.13. The Morgan fingerprint density at radius 1 is 1.28 bits per heavy atom. The molecule has 0 aliphatic heterocycles. The maximum absolute atomic E-state index is 12.3. The summed E-state index contributed by atoms with van der Waals surface area (Å²) in [5, 5.41) is 19.4. The van der Waals surface area contributed by atoms with E-state index in [9.17, 15) is 4.79 Å². The predicted octanol–water partition coefficient (Wildman–Crippen LogP) is 3.41. The van der Waals surface area contributed by atoms with Gasteiger partial charge in [-0.3, -0.25) is 0 Å². The van der Waals surface area contributed by atoms with Crippen molar-refractivity contribution in [3.8, 4) is 5.69 Å². The second kappa shape index (κ2) is 9.22. The molecule has 25 heavy (non-hydrogen) atoms. The van der Waals surface area contributed by atoms with Crippen LogP contribution in [0.3, 0.4) is 0 Å². The highest BCUT2D eigenvalue weighted by Crippen LogP contribution is 2.21. The third kappa shape index (κ3) is 5.32. The van der Waals surface area contributed by atoms with E-state index < -0.39 is 0 Å². The van der Waals surface area contributed by atoms with Gasteiger partial charge >= 0.3 is 6.03 Å². The number of anilines is 1. The van der Waals surface area contributed by atoms with Crippen molar-refractivity contribution in [2.24, 2.45) is 5.92 Å². The van der Waals surface area contributed by atoms with Gasteiger partial charge in [0.1, 0.15) is 0 Å². The van der Waals surface area contributed by atoms with Gasteiger partial charge in [0.25, 0.3) is 0 Å². The zero-order chi connectivity index (χ0) is 18.2. The van der Waals surface area contributed by atoms with E-state index in [0.717, 1.165) is 29.9 Å². The Morgan fingerprint density at radius 3 is 2.68 bits per heavy atom. The molecular formula is C19H28N4O2. The minimum Gasteiger partial charge on any atom is -0.396 e. The van der Waals surface area contributed by atoms with Gasteiger partial charge in [-0.25, -0.2) is 9.48 Å². The van der Waals surface area contributed by atoms with E-state index in [2.05, 4.69) is 22.7 Å². The number of hydrogen-bond donors (Lipinski definition) is 3. The Bertz CT molecular complexity index is 690. The highest BCUT2D eigenvalue weighted by atomic mass is 16.3. The molecule has 2 aromatic rings. The Balaban J connectivity index is 2.05. The fourth-order valence-corrected chi connectivity index (χ4v) is 2.98. The number of aromatic nitrogens is 2. The number of nitrogens with zero attached hydrogens (tertiary/aromatic N) is 2.